The Kier molecular flexibility index (Phi) is 18.4. The van der Waals surface area contributed by atoms with E-state index in [4.69, 9.17) is 9.47 Å². The molecular weight excluding hydrogens is 412 g/mol. The van der Waals surface area contributed by atoms with Crippen LogP contribution < -0.4 is 0 Å². The molecule has 0 atom stereocenters. The van der Waals surface area contributed by atoms with Crippen LogP contribution in [0.1, 0.15) is 122 Å². The predicted molar refractivity (Wildman–Crippen MR) is 136 cm³/mol. The van der Waals surface area contributed by atoms with Crippen molar-refractivity contribution in [2.24, 2.45) is 5.92 Å². The van der Waals surface area contributed by atoms with Gasteiger partial charge in [-0.25, -0.2) is 0 Å². The van der Waals surface area contributed by atoms with Gasteiger partial charge in [-0.2, -0.15) is 0 Å². The minimum atomic E-state index is -0.331. The number of ether oxygens (including phenoxy) is 2. The summed E-state index contributed by atoms with van der Waals surface area (Å²) < 4.78 is 10.6. The van der Waals surface area contributed by atoms with Crippen molar-refractivity contribution in [3.63, 3.8) is 0 Å². The van der Waals surface area contributed by atoms with Crippen molar-refractivity contribution in [1.29, 1.82) is 0 Å². The van der Waals surface area contributed by atoms with Crippen LogP contribution in [0.2, 0.25) is 0 Å². The summed E-state index contributed by atoms with van der Waals surface area (Å²) in [6.07, 6.45) is 18.1. The van der Waals surface area contributed by atoms with Crippen molar-refractivity contribution in [2.45, 2.75) is 123 Å². The number of hydrogen-bond donors (Lipinski definition) is 0. The smallest absolute Gasteiger partial charge is 0.309 e. The van der Waals surface area contributed by atoms with E-state index in [0.29, 0.717) is 12.3 Å². The maximum absolute atomic E-state index is 12.4. The average molecular weight is 461 g/mol. The number of carbonyl (C=O) groups excluding carboxylic acids is 2. The SMILES string of the molecule is CCCCCCCCC(CCCCCCCC)CC(=O)OCCC(=O)OCc1ccccc1. The highest BCUT2D eigenvalue weighted by molar-refractivity contribution is 5.72. The summed E-state index contributed by atoms with van der Waals surface area (Å²) in [5.41, 5.74) is 0.954. The van der Waals surface area contributed by atoms with Gasteiger partial charge in [0.05, 0.1) is 6.42 Å². The first-order valence-corrected chi connectivity index (χ1v) is 13.5. The Balaban J connectivity index is 2.26. The molecule has 0 saturated heterocycles. The van der Waals surface area contributed by atoms with Crippen LogP contribution in [0, 0.1) is 5.92 Å². The first-order chi connectivity index (χ1) is 16.2. The fourth-order valence-electron chi connectivity index (χ4n) is 4.13. The third kappa shape index (κ3) is 17.3. The van der Waals surface area contributed by atoms with Crippen molar-refractivity contribution in [3.05, 3.63) is 35.9 Å². The van der Waals surface area contributed by atoms with Crippen LogP contribution in [-0.2, 0) is 25.7 Å². The van der Waals surface area contributed by atoms with Gasteiger partial charge < -0.3 is 9.47 Å². The fourth-order valence-corrected chi connectivity index (χ4v) is 4.13. The van der Waals surface area contributed by atoms with Crippen LogP contribution in [0.3, 0.4) is 0 Å². The largest absolute Gasteiger partial charge is 0.465 e. The lowest BCUT2D eigenvalue weighted by Crippen LogP contribution is -2.15. The molecule has 0 aliphatic heterocycles. The highest BCUT2D eigenvalue weighted by Crippen LogP contribution is 2.22. The van der Waals surface area contributed by atoms with Gasteiger partial charge in [0.15, 0.2) is 0 Å². The van der Waals surface area contributed by atoms with E-state index in [1.54, 1.807) is 0 Å². The van der Waals surface area contributed by atoms with E-state index >= 15 is 0 Å². The number of esters is 2. The van der Waals surface area contributed by atoms with Gasteiger partial charge in [-0.15, -0.1) is 0 Å². The molecule has 0 unspecified atom stereocenters. The van der Waals surface area contributed by atoms with Gasteiger partial charge in [0.2, 0.25) is 0 Å². The number of hydrogen-bond acceptors (Lipinski definition) is 4. The molecule has 4 heteroatoms. The van der Waals surface area contributed by atoms with Crippen LogP contribution in [-0.4, -0.2) is 18.5 Å². The van der Waals surface area contributed by atoms with E-state index in [9.17, 15) is 9.59 Å². The molecule has 4 nitrogen and oxygen atoms in total. The van der Waals surface area contributed by atoms with Gasteiger partial charge in [-0.05, 0) is 24.3 Å². The second kappa shape index (κ2) is 20.7. The van der Waals surface area contributed by atoms with E-state index in [1.807, 2.05) is 30.3 Å². The molecule has 0 heterocycles. The van der Waals surface area contributed by atoms with Gasteiger partial charge in [0, 0.05) is 6.42 Å². The third-order valence-corrected chi connectivity index (χ3v) is 6.20. The zero-order valence-electron chi connectivity index (χ0n) is 21.3. The van der Waals surface area contributed by atoms with Crippen LogP contribution in [0.15, 0.2) is 30.3 Å². The number of rotatable bonds is 21. The summed E-state index contributed by atoms with van der Waals surface area (Å²) in [6, 6.07) is 9.59. The van der Waals surface area contributed by atoms with Gasteiger partial charge in [-0.3, -0.25) is 9.59 Å². The van der Waals surface area contributed by atoms with Gasteiger partial charge in [0.25, 0.3) is 0 Å². The van der Waals surface area contributed by atoms with Crippen LogP contribution in [0.25, 0.3) is 0 Å². The van der Waals surface area contributed by atoms with E-state index < -0.39 is 0 Å². The van der Waals surface area contributed by atoms with E-state index in [-0.39, 0.29) is 31.6 Å². The standard InChI is InChI=1S/C29H48O4/c1-3-5-7-9-11-14-18-26(19-15-12-10-8-6-4-2)24-29(31)32-23-22-28(30)33-25-27-20-16-13-17-21-27/h13,16-17,20-21,26H,3-12,14-15,18-19,22-25H2,1-2H3. The second-order valence-electron chi connectivity index (χ2n) is 9.30. The predicted octanol–water partition coefficient (Wildman–Crippen LogP) is 8.17. The Morgan fingerprint density at radius 3 is 1.82 bits per heavy atom. The Morgan fingerprint density at radius 2 is 1.24 bits per heavy atom. The Labute approximate surface area is 202 Å². The molecule has 0 spiro atoms. The van der Waals surface area contributed by atoms with Crippen LogP contribution in [0.4, 0.5) is 0 Å². The minimum Gasteiger partial charge on any atom is -0.465 e. The summed E-state index contributed by atoms with van der Waals surface area (Å²) in [5.74, 6) is -0.102. The van der Waals surface area contributed by atoms with Crippen molar-refractivity contribution < 1.29 is 19.1 Å². The number of unbranched alkanes of at least 4 members (excludes halogenated alkanes) is 10. The molecule has 0 N–H and O–H groups in total. The average Bonchev–Trinajstić information content (AvgIpc) is 2.82. The highest BCUT2D eigenvalue weighted by Gasteiger charge is 2.15. The molecule has 0 aromatic heterocycles. The molecule has 0 aliphatic rings. The Hall–Kier alpha value is -1.84. The molecule has 1 aromatic carbocycles. The maximum atomic E-state index is 12.4. The first kappa shape index (κ1) is 29.2. The summed E-state index contributed by atoms with van der Waals surface area (Å²) in [4.78, 5) is 24.3. The summed E-state index contributed by atoms with van der Waals surface area (Å²) in [7, 11) is 0. The number of benzene rings is 1. The van der Waals surface area contributed by atoms with E-state index in [0.717, 1.165) is 18.4 Å². The topological polar surface area (TPSA) is 52.6 Å². The Morgan fingerprint density at radius 1 is 0.697 bits per heavy atom. The highest BCUT2D eigenvalue weighted by atomic mass is 16.5. The molecule has 0 aliphatic carbocycles. The first-order valence-electron chi connectivity index (χ1n) is 13.5. The molecular formula is C29H48O4. The normalized spacial score (nSPS) is 11.0. The van der Waals surface area contributed by atoms with Crippen molar-refractivity contribution in [3.8, 4) is 0 Å². The maximum Gasteiger partial charge on any atom is 0.309 e. The van der Waals surface area contributed by atoms with Crippen molar-refractivity contribution in [1.82, 2.24) is 0 Å². The molecule has 1 aromatic rings. The molecule has 0 saturated carbocycles. The molecule has 1 rings (SSSR count). The van der Waals surface area contributed by atoms with Gasteiger partial charge in [-0.1, -0.05) is 121 Å². The lowest BCUT2D eigenvalue weighted by molar-refractivity contribution is -0.150. The zero-order chi connectivity index (χ0) is 24.0. The summed E-state index contributed by atoms with van der Waals surface area (Å²) >= 11 is 0. The molecule has 0 radical (unpaired) electrons. The minimum absolute atomic E-state index is 0.104. The van der Waals surface area contributed by atoms with E-state index in [2.05, 4.69) is 13.8 Å². The molecule has 0 fully saturated rings. The fraction of sp³-hybridized carbons (Fsp3) is 0.724. The summed E-state index contributed by atoms with van der Waals surface area (Å²) in [6.45, 7) is 4.84. The quantitative estimate of drug-likeness (QED) is 0.137. The molecule has 188 valence electrons. The van der Waals surface area contributed by atoms with Crippen molar-refractivity contribution in [2.75, 3.05) is 6.61 Å². The lowest BCUT2D eigenvalue weighted by atomic mass is 9.91. The zero-order valence-corrected chi connectivity index (χ0v) is 21.3. The van der Waals surface area contributed by atoms with E-state index in [1.165, 1.54) is 77.0 Å². The van der Waals surface area contributed by atoms with Crippen molar-refractivity contribution >= 4 is 11.9 Å². The van der Waals surface area contributed by atoms with Gasteiger partial charge in [0.1, 0.15) is 13.2 Å². The van der Waals surface area contributed by atoms with Gasteiger partial charge >= 0.3 is 11.9 Å². The lowest BCUT2D eigenvalue weighted by Gasteiger charge is -2.16. The second-order valence-corrected chi connectivity index (χ2v) is 9.30. The summed E-state index contributed by atoms with van der Waals surface area (Å²) in [5, 5.41) is 0. The third-order valence-electron chi connectivity index (χ3n) is 6.20. The number of carbonyl (C=O) groups is 2. The van der Waals surface area contributed by atoms with Crippen LogP contribution >= 0.6 is 0 Å². The molecule has 33 heavy (non-hydrogen) atoms. The van der Waals surface area contributed by atoms with Crippen LogP contribution in [0.5, 0.6) is 0 Å². The monoisotopic (exact) mass is 460 g/mol. The Bertz CT molecular complexity index is 583. The molecule has 0 amide bonds. The molecule has 0 bridgehead atoms.